The molecule has 0 aliphatic carbocycles. The summed E-state index contributed by atoms with van der Waals surface area (Å²) in [5.41, 5.74) is 1.21. The number of ether oxygens (including phenoxy) is 1. The van der Waals surface area contributed by atoms with E-state index in [4.69, 9.17) is 4.74 Å². The van der Waals surface area contributed by atoms with E-state index in [-0.39, 0.29) is 0 Å². The maximum atomic E-state index is 5.51. The highest BCUT2D eigenvalue weighted by molar-refractivity contribution is 8.07. The van der Waals surface area contributed by atoms with Crippen molar-refractivity contribution in [2.45, 2.75) is 27.7 Å². The Balaban J connectivity index is 4.59. The lowest BCUT2D eigenvalue weighted by Crippen LogP contribution is -1.85. The summed E-state index contributed by atoms with van der Waals surface area (Å²) < 4.78 is 5.51. The van der Waals surface area contributed by atoms with Gasteiger partial charge in [0, 0.05) is 9.81 Å². The molecule has 0 N–H and O–H groups in total. The van der Waals surface area contributed by atoms with Gasteiger partial charge in [-0.25, -0.2) is 0 Å². The summed E-state index contributed by atoms with van der Waals surface area (Å²) in [5.74, 6) is 1.09. The molecule has 128 valence electrons. The Bertz CT molecular complexity index is 622. The van der Waals surface area contributed by atoms with Crippen molar-refractivity contribution >= 4 is 11.8 Å². The Hall–Kier alpha value is -2.19. The third-order valence-electron chi connectivity index (χ3n) is 2.80. The Morgan fingerprint density at radius 3 is 2.04 bits per heavy atom. The van der Waals surface area contributed by atoms with Crippen molar-refractivity contribution in [3.63, 3.8) is 0 Å². The zero-order valence-corrected chi connectivity index (χ0v) is 16.0. The van der Waals surface area contributed by atoms with E-state index in [1.165, 1.54) is 5.57 Å². The fraction of sp³-hybridized carbons (Fsp3) is 0.182. The summed E-state index contributed by atoms with van der Waals surface area (Å²) >= 11 is 1.60. The maximum absolute atomic E-state index is 5.51. The molecular weight excluding hydrogens is 312 g/mol. The van der Waals surface area contributed by atoms with Gasteiger partial charge in [-0.3, -0.25) is 0 Å². The fourth-order valence-electron chi connectivity index (χ4n) is 1.38. The van der Waals surface area contributed by atoms with Gasteiger partial charge < -0.3 is 4.74 Å². The molecule has 0 unspecified atom stereocenters. The van der Waals surface area contributed by atoms with E-state index in [1.807, 2.05) is 63.3 Å². The van der Waals surface area contributed by atoms with Crippen LogP contribution >= 0.6 is 11.8 Å². The lowest BCUT2D eigenvalue weighted by molar-refractivity contribution is 0.340. The smallest absolute Gasteiger partial charge is 0.120 e. The van der Waals surface area contributed by atoms with E-state index >= 15 is 0 Å². The highest BCUT2D eigenvalue weighted by Crippen LogP contribution is 2.26. The number of thioether (sulfide) groups is 1. The van der Waals surface area contributed by atoms with Crippen LogP contribution < -0.4 is 0 Å². The standard InChI is InChI=1S/C22H28OS/c1-8-11-12-13-19(5)23-20(6)15-17-22(10-3)24-21(7)16-14-18(4)9-2/h8-17H,5-7H2,1-4H3/b11-8-,13-12-,16-14-,17-15-,18-9-,22-10+. The summed E-state index contributed by atoms with van der Waals surface area (Å²) in [6.07, 6.45) is 19.4. The number of hydrogen-bond acceptors (Lipinski definition) is 2. The lowest BCUT2D eigenvalue weighted by atomic mass is 10.3. The molecule has 0 saturated heterocycles. The Kier molecular flexibility index (Phi) is 12.1. The molecule has 0 aliphatic rings. The first-order chi connectivity index (χ1) is 11.4. The molecule has 0 saturated carbocycles. The van der Waals surface area contributed by atoms with Gasteiger partial charge >= 0.3 is 0 Å². The van der Waals surface area contributed by atoms with Gasteiger partial charge in [0.05, 0.1) is 0 Å². The van der Waals surface area contributed by atoms with Gasteiger partial charge in [-0.2, -0.15) is 0 Å². The van der Waals surface area contributed by atoms with Crippen molar-refractivity contribution in [3.8, 4) is 0 Å². The normalized spacial score (nSPS) is 13.5. The monoisotopic (exact) mass is 340 g/mol. The van der Waals surface area contributed by atoms with Crippen LogP contribution in [0.1, 0.15) is 27.7 Å². The number of hydrogen-bond donors (Lipinski definition) is 0. The maximum Gasteiger partial charge on any atom is 0.120 e. The van der Waals surface area contributed by atoms with E-state index in [0.717, 1.165) is 9.81 Å². The second-order valence-corrected chi connectivity index (χ2v) is 6.08. The number of allylic oxidation sites excluding steroid dienone is 11. The van der Waals surface area contributed by atoms with Crippen LogP contribution in [0.15, 0.2) is 107 Å². The van der Waals surface area contributed by atoms with Gasteiger partial charge in [-0.05, 0) is 52.0 Å². The van der Waals surface area contributed by atoms with E-state index < -0.39 is 0 Å². The highest BCUT2D eigenvalue weighted by atomic mass is 32.2. The Labute approximate surface area is 151 Å². The summed E-state index contributed by atoms with van der Waals surface area (Å²) in [6, 6.07) is 0. The molecule has 0 spiro atoms. The van der Waals surface area contributed by atoms with Gasteiger partial charge in [-0.1, -0.05) is 73.5 Å². The first kappa shape index (κ1) is 21.8. The third kappa shape index (κ3) is 11.4. The van der Waals surface area contributed by atoms with Crippen LogP contribution in [0.3, 0.4) is 0 Å². The largest absolute Gasteiger partial charge is 0.459 e. The van der Waals surface area contributed by atoms with Crippen molar-refractivity contribution in [3.05, 3.63) is 107 Å². The van der Waals surface area contributed by atoms with Gasteiger partial charge in [0.1, 0.15) is 11.5 Å². The minimum absolute atomic E-state index is 0.538. The SMILES string of the molecule is C=C(/C=C\C=C/C)OC(=C)/C=C\C(=C/C)SC(=C)/C=C\C(C)=C/C. The number of rotatable bonds is 10. The first-order valence-corrected chi connectivity index (χ1v) is 8.61. The molecule has 0 radical (unpaired) electrons. The molecule has 0 fully saturated rings. The van der Waals surface area contributed by atoms with Crippen LogP contribution in [0.5, 0.6) is 0 Å². The molecule has 0 aromatic carbocycles. The summed E-state index contributed by atoms with van der Waals surface area (Å²) in [6.45, 7) is 19.8. The predicted octanol–water partition coefficient (Wildman–Crippen LogP) is 7.39. The van der Waals surface area contributed by atoms with Crippen molar-refractivity contribution in [2.24, 2.45) is 0 Å². The molecule has 0 aromatic heterocycles. The summed E-state index contributed by atoms with van der Waals surface area (Å²) in [4.78, 5) is 2.04. The molecule has 0 heterocycles. The second kappa shape index (κ2) is 13.3. The molecule has 0 amide bonds. The van der Waals surface area contributed by atoms with Crippen molar-refractivity contribution < 1.29 is 4.74 Å². The molecule has 2 heteroatoms. The van der Waals surface area contributed by atoms with Gasteiger partial charge in [-0.15, -0.1) is 0 Å². The van der Waals surface area contributed by atoms with E-state index in [1.54, 1.807) is 17.8 Å². The van der Waals surface area contributed by atoms with Gasteiger partial charge in [0.2, 0.25) is 0 Å². The average Bonchev–Trinajstić information content (AvgIpc) is 2.56. The predicted molar refractivity (Wildman–Crippen MR) is 112 cm³/mol. The molecule has 0 aliphatic heterocycles. The fourth-order valence-corrected chi connectivity index (χ4v) is 2.07. The summed E-state index contributed by atoms with van der Waals surface area (Å²) in [5, 5.41) is 0. The minimum atomic E-state index is 0.538. The molecule has 0 rings (SSSR count). The van der Waals surface area contributed by atoms with E-state index in [0.29, 0.717) is 11.5 Å². The van der Waals surface area contributed by atoms with Crippen LogP contribution in [0.25, 0.3) is 0 Å². The minimum Gasteiger partial charge on any atom is -0.459 e. The van der Waals surface area contributed by atoms with Crippen LogP contribution in [0.4, 0.5) is 0 Å². The Morgan fingerprint density at radius 1 is 0.792 bits per heavy atom. The van der Waals surface area contributed by atoms with Crippen molar-refractivity contribution in [2.75, 3.05) is 0 Å². The zero-order chi connectivity index (χ0) is 18.4. The van der Waals surface area contributed by atoms with Gasteiger partial charge in [0.25, 0.3) is 0 Å². The molecule has 0 aromatic rings. The third-order valence-corrected chi connectivity index (χ3v) is 3.81. The highest BCUT2D eigenvalue weighted by Gasteiger charge is 1.97. The van der Waals surface area contributed by atoms with Crippen LogP contribution in [-0.2, 0) is 4.74 Å². The van der Waals surface area contributed by atoms with E-state index in [9.17, 15) is 0 Å². The first-order valence-electron chi connectivity index (χ1n) is 7.80. The molecule has 0 atom stereocenters. The average molecular weight is 341 g/mol. The summed E-state index contributed by atoms with van der Waals surface area (Å²) in [7, 11) is 0. The van der Waals surface area contributed by atoms with E-state index in [2.05, 4.69) is 38.8 Å². The van der Waals surface area contributed by atoms with Crippen molar-refractivity contribution in [1.82, 2.24) is 0 Å². The molecule has 0 bridgehead atoms. The molecule has 1 nitrogen and oxygen atoms in total. The van der Waals surface area contributed by atoms with Crippen molar-refractivity contribution in [1.29, 1.82) is 0 Å². The second-order valence-electron chi connectivity index (χ2n) is 4.88. The van der Waals surface area contributed by atoms with Crippen LogP contribution in [0.2, 0.25) is 0 Å². The van der Waals surface area contributed by atoms with Crippen LogP contribution in [-0.4, -0.2) is 0 Å². The lowest BCUT2D eigenvalue weighted by Gasteiger charge is -2.05. The molecular formula is C22H28OS. The van der Waals surface area contributed by atoms with Gasteiger partial charge in [0.15, 0.2) is 0 Å². The Morgan fingerprint density at radius 2 is 1.46 bits per heavy atom. The topological polar surface area (TPSA) is 9.23 Å². The quantitative estimate of drug-likeness (QED) is 0.303. The molecule has 24 heavy (non-hydrogen) atoms. The zero-order valence-electron chi connectivity index (χ0n) is 15.2. The van der Waals surface area contributed by atoms with Crippen LogP contribution in [0, 0.1) is 0 Å².